The van der Waals surface area contributed by atoms with Crippen LogP contribution in [0.1, 0.15) is 38.0 Å². The molecule has 3 aliphatic heterocycles. The van der Waals surface area contributed by atoms with Gasteiger partial charge in [0.25, 0.3) is 0 Å². The number of rotatable bonds is 8. The smallest absolute Gasteiger partial charge is 0.327 e. The number of aliphatic carboxylic acids is 1. The molecule has 0 aliphatic carbocycles. The predicted molar refractivity (Wildman–Crippen MR) is 143 cm³/mol. The summed E-state index contributed by atoms with van der Waals surface area (Å²) in [5.41, 5.74) is 0.787. The fourth-order valence-corrected chi connectivity index (χ4v) is 5.80. The molecule has 5 rings (SSSR count). The molecule has 3 fully saturated rings. The number of amides is 4. The van der Waals surface area contributed by atoms with Crippen LogP contribution in [0.3, 0.4) is 0 Å². The Morgan fingerprint density at radius 2 is 1.73 bits per heavy atom. The van der Waals surface area contributed by atoms with E-state index in [9.17, 15) is 24.3 Å². The minimum absolute atomic E-state index is 0.0463. The molecule has 2 atom stereocenters. The molecule has 3 saturated heterocycles. The van der Waals surface area contributed by atoms with Gasteiger partial charge in [-0.15, -0.1) is 0 Å². The van der Waals surface area contributed by atoms with Crippen molar-refractivity contribution in [3.05, 3.63) is 35.2 Å². The average Bonchev–Trinajstić information content (AvgIpc) is 3.43. The molecule has 2 aromatic rings. The highest BCUT2D eigenvalue weighted by Crippen LogP contribution is 2.35. The fourth-order valence-electron chi connectivity index (χ4n) is 5.67. The number of piperidine rings is 1. The summed E-state index contributed by atoms with van der Waals surface area (Å²) in [6, 6.07) is 5.39. The van der Waals surface area contributed by atoms with Crippen LogP contribution in [0.4, 0.5) is 4.79 Å². The number of aromatic nitrogens is 2. The normalized spacial score (nSPS) is 21.8. The minimum Gasteiger partial charge on any atom is -0.480 e. The number of β-lactam (4-membered cyclic amide) rings is 1. The Labute approximate surface area is 236 Å². The number of imide groups is 1. The summed E-state index contributed by atoms with van der Waals surface area (Å²) in [4.78, 5) is 59.1. The number of nitrogens with zero attached hydrogens (tertiary/aromatic N) is 5. The van der Waals surface area contributed by atoms with Gasteiger partial charge in [0.1, 0.15) is 0 Å². The van der Waals surface area contributed by atoms with E-state index in [0.717, 1.165) is 36.4 Å². The molecule has 4 heterocycles. The number of hydrogen-bond donors (Lipinski definition) is 2. The van der Waals surface area contributed by atoms with Gasteiger partial charge < -0.3 is 24.7 Å². The van der Waals surface area contributed by atoms with Crippen LogP contribution < -0.4 is 5.32 Å². The monoisotopic (exact) mass is 572 g/mol. The Morgan fingerprint density at radius 1 is 1.05 bits per heavy atom. The lowest BCUT2D eigenvalue weighted by Crippen LogP contribution is -2.69. The van der Waals surface area contributed by atoms with Crippen LogP contribution in [0, 0.1) is 11.8 Å². The van der Waals surface area contributed by atoms with E-state index in [0.29, 0.717) is 49.1 Å². The predicted octanol–water partition coefficient (Wildman–Crippen LogP) is 2.28. The molecule has 1 aromatic heterocycles. The average molecular weight is 573 g/mol. The summed E-state index contributed by atoms with van der Waals surface area (Å²) in [6.45, 7) is 2.85. The lowest BCUT2D eigenvalue weighted by atomic mass is 9.78. The van der Waals surface area contributed by atoms with Crippen LogP contribution in [0.25, 0.3) is 11.4 Å². The van der Waals surface area contributed by atoms with Crippen molar-refractivity contribution >= 4 is 35.4 Å². The van der Waals surface area contributed by atoms with Crippen molar-refractivity contribution < 1.29 is 28.8 Å². The second kappa shape index (κ2) is 12.3. The number of carboxylic acid groups (broad SMARTS) is 1. The maximum absolute atomic E-state index is 13.1. The highest BCUT2D eigenvalue weighted by atomic mass is 35.5. The highest BCUT2D eigenvalue weighted by Gasteiger charge is 2.56. The van der Waals surface area contributed by atoms with Gasteiger partial charge in [-0.1, -0.05) is 16.8 Å². The van der Waals surface area contributed by atoms with E-state index < -0.39 is 29.9 Å². The second-order valence-corrected chi connectivity index (χ2v) is 11.0. The Bertz CT molecular complexity index is 1240. The van der Waals surface area contributed by atoms with Crippen LogP contribution in [0.2, 0.25) is 5.02 Å². The zero-order chi connectivity index (χ0) is 28.2. The Kier molecular flexibility index (Phi) is 8.65. The van der Waals surface area contributed by atoms with Crippen LogP contribution in [-0.4, -0.2) is 99.1 Å². The molecule has 0 bridgehead atoms. The van der Waals surface area contributed by atoms with E-state index >= 15 is 0 Å². The van der Waals surface area contributed by atoms with Crippen molar-refractivity contribution in [1.82, 2.24) is 30.2 Å². The number of likely N-dealkylation sites (tertiary alicyclic amines) is 1. The molecule has 13 heteroatoms. The van der Waals surface area contributed by atoms with Crippen LogP contribution in [0.15, 0.2) is 28.8 Å². The van der Waals surface area contributed by atoms with Crippen LogP contribution in [0.5, 0.6) is 0 Å². The van der Waals surface area contributed by atoms with E-state index in [1.54, 1.807) is 29.2 Å². The Balaban J connectivity index is 1.06. The number of benzene rings is 1. The van der Waals surface area contributed by atoms with E-state index in [4.69, 9.17) is 16.1 Å². The summed E-state index contributed by atoms with van der Waals surface area (Å²) < 4.78 is 5.30. The maximum Gasteiger partial charge on any atom is 0.327 e. The largest absolute Gasteiger partial charge is 0.480 e. The molecule has 3 aliphatic rings. The molecule has 1 aromatic carbocycles. The van der Waals surface area contributed by atoms with E-state index in [-0.39, 0.29) is 31.3 Å². The Morgan fingerprint density at radius 3 is 2.40 bits per heavy atom. The zero-order valence-electron chi connectivity index (χ0n) is 22.1. The summed E-state index contributed by atoms with van der Waals surface area (Å²) in [7, 11) is 0. The molecule has 0 spiro atoms. The number of aryl methyl sites for hydroxylation is 1. The van der Waals surface area contributed by atoms with Crippen molar-refractivity contribution in [1.29, 1.82) is 0 Å². The lowest BCUT2D eigenvalue weighted by molar-refractivity contribution is -0.167. The summed E-state index contributed by atoms with van der Waals surface area (Å²) in [5, 5.41) is 17.6. The molecule has 0 unspecified atom stereocenters. The van der Waals surface area contributed by atoms with E-state index in [1.165, 1.54) is 4.90 Å². The third kappa shape index (κ3) is 6.12. The van der Waals surface area contributed by atoms with Gasteiger partial charge in [-0.2, -0.15) is 4.98 Å². The molecule has 40 heavy (non-hydrogen) atoms. The lowest BCUT2D eigenvalue weighted by Gasteiger charge is -2.47. The minimum atomic E-state index is -1.15. The quantitative estimate of drug-likeness (QED) is 0.454. The van der Waals surface area contributed by atoms with Crippen molar-refractivity contribution in [3.63, 3.8) is 0 Å². The number of nitrogens with one attached hydrogen (secondary N) is 1. The van der Waals surface area contributed by atoms with E-state index in [2.05, 4.69) is 15.5 Å². The SMILES string of the molecule is O=C(O)[C@@H]1[C@@H](CC2CCNCC2)C(=O)N1C(=O)N1CCN(C(=O)CCCc2nc(-c3ccc(Cl)cc3)no2)CC1. The van der Waals surface area contributed by atoms with Crippen LogP contribution >= 0.6 is 11.6 Å². The standard InChI is InChI=1S/C27H33ClN6O6/c28-19-6-4-18(5-7-19)24-30-21(40-31-24)2-1-3-22(35)32-12-14-33(15-13-32)27(39)34-23(26(37)38)20(25(34)36)16-17-8-10-29-11-9-17/h4-7,17,20,23,29H,1-3,8-16H2,(H,37,38)/t20-,23+/m1/s1. The van der Waals surface area contributed by atoms with Gasteiger partial charge in [0.15, 0.2) is 6.04 Å². The highest BCUT2D eigenvalue weighted by molar-refractivity contribution is 6.30. The first-order valence-electron chi connectivity index (χ1n) is 13.7. The van der Waals surface area contributed by atoms with Gasteiger partial charge in [-0.05, 0) is 69.0 Å². The summed E-state index contributed by atoms with van der Waals surface area (Å²) in [6.07, 6.45) is 3.57. The van der Waals surface area contributed by atoms with Gasteiger partial charge in [0.05, 0.1) is 5.92 Å². The number of hydrogen-bond acceptors (Lipinski definition) is 8. The van der Waals surface area contributed by atoms with Gasteiger partial charge in [0.2, 0.25) is 23.5 Å². The number of urea groups is 1. The molecule has 4 amide bonds. The van der Waals surface area contributed by atoms with Crippen molar-refractivity contribution in [3.8, 4) is 11.4 Å². The second-order valence-electron chi connectivity index (χ2n) is 10.5. The molecular weight excluding hydrogens is 540 g/mol. The number of piperazine rings is 1. The molecule has 0 radical (unpaired) electrons. The number of halogens is 1. The number of carbonyl (C=O) groups is 4. The van der Waals surface area contributed by atoms with Crippen molar-refractivity contribution in [2.75, 3.05) is 39.3 Å². The topological polar surface area (TPSA) is 149 Å². The molecule has 12 nitrogen and oxygen atoms in total. The van der Waals surface area contributed by atoms with Gasteiger partial charge in [-0.3, -0.25) is 9.59 Å². The fraction of sp³-hybridized carbons (Fsp3) is 0.556. The summed E-state index contributed by atoms with van der Waals surface area (Å²) >= 11 is 5.91. The zero-order valence-corrected chi connectivity index (χ0v) is 22.9. The first-order chi connectivity index (χ1) is 19.3. The maximum atomic E-state index is 13.1. The number of carboxylic acids is 1. The number of carbonyl (C=O) groups excluding carboxylic acids is 3. The molecule has 214 valence electrons. The van der Waals surface area contributed by atoms with Crippen molar-refractivity contribution in [2.24, 2.45) is 11.8 Å². The molecule has 0 saturated carbocycles. The van der Waals surface area contributed by atoms with Crippen LogP contribution in [-0.2, 0) is 20.8 Å². The van der Waals surface area contributed by atoms with Gasteiger partial charge in [0, 0.05) is 49.6 Å². The van der Waals surface area contributed by atoms with Gasteiger partial charge >= 0.3 is 12.0 Å². The molecular formula is C27H33ClN6O6. The first kappa shape index (κ1) is 28.0. The van der Waals surface area contributed by atoms with E-state index in [1.807, 2.05) is 0 Å². The van der Waals surface area contributed by atoms with Gasteiger partial charge in [-0.25, -0.2) is 14.5 Å². The van der Waals surface area contributed by atoms with Crippen molar-refractivity contribution in [2.45, 2.75) is 44.6 Å². The molecule has 2 N–H and O–H groups in total. The Hall–Kier alpha value is -3.51. The third-order valence-electron chi connectivity index (χ3n) is 7.97. The third-order valence-corrected chi connectivity index (χ3v) is 8.23. The first-order valence-corrected chi connectivity index (χ1v) is 14.1. The summed E-state index contributed by atoms with van der Waals surface area (Å²) in [5.74, 6) is -1.07.